The number of carbonyl (C=O) groups excluding carboxylic acids is 1. The van der Waals surface area contributed by atoms with E-state index in [2.05, 4.69) is 11.4 Å². The quantitative estimate of drug-likeness (QED) is 0.766. The van der Waals surface area contributed by atoms with Gasteiger partial charge in [0.05, 0.1) is 11.6 Å². The fourth-order valence-corrected chi connectivity index (χ4v) is 2.46. The van der Waals surface area contributed by atoms with Crippen LogP contribution in [0.4, 0.5) is 10.1 Å². The predicted molar refractivity (Wildman–Crippen MR) is 90.9 cm³/mol. The largest absolute Gasteiger partial charge is 0.322 e. The average molecular weight is 316 g/mol. The molecule has 0 aliphatic rings. The van der Waals surface area contributed by atoms with E-state index >= 15 is 0 Å². The van der Waals surface area contributed by atoms with Gasteiger partial charge in [0.15, 0.2) is 0 Å². The third-order valence-corrected chi connectivity index (χ3v) is 3.61. The molecular weight excluding hydrogens is 303 g/mol. The molecule has 0 bridgehead atoms. The van der Waals surface area contributed by atoms with Crippen molar-refractivity contribution in [3.05, 3.63) is 89.7 Å². The van der Waals surface area contributed by atoms with Crippen molar-refractivity contribution >= 4 is 11.6 Å². The fraction of sp³-hybridized carbons (Fsp3) is 0. The Morgan fingerprint density at radius 1 is 0.875 bits per heavy atom. The molecule has 0 saturated heterocycles. The third kappa shape index (κ3) is 3.16. The van der Waals surface area contributed by atoms with Crippen molar-refractivity contribution in [2.75, 3.05) is 5.32 Å². The second-order valence-electron chi connectivity index (χ2n) is 5.16. The minimum absolute atomic E-state index is 0.315. The summed E-state index contributed by atoms with van der Waals surface area (Å²) in [5.74, 6) is -0.679. The highest BCUT2D eigenvalue weighted by Crippen LogP contribution is 2.27. The molecule has 4 heteroatoms. The highest BCUT2D eigenvalue weighted by molar-refractivity contribution is 6.09. The zero-order chi connectivity index (χ0) is 16.9. The summed E-state index contributed by atoms with van der Waals surface area (Å²) in [7, 11) is 0. The first-order valence-electron chi connectivity index (χ1n) is 7.34. The predicted octanol–water partition coefficient (Wildman–Crippen LogP) is 4.62. The van der Waals surface area contributed by atoms with E-state index in [4.69, 9.17) is 0 Å². The number of hydrogen-bond acceptors (Lipinski definition) is 2. The maximum Gasteiger partial charge on any atom is 0.256 e. The monoisotopic (exact) mass is 316 g/mol. The van der Waals surface area contributed by atoms with Crippen LogP contribution >= 0.6 is 0 Å². The maximum absolute atomic E-state index is 13.0. The SMILES string of the molecule is N#Cc1ccccc1-c1ccccc1C(=O)Nc1ccc(F)cc1. The number of rotatable bonds is 3. The minimum atomic E-state index is -0.364. The summed E-state index contributed by atoms with van der Waals surface area (Å²) < 4.78 is 13.0. The van der Waals surface area contributed by atoms with Gasteiger partial charge < -0.3 is 5.32 Å². The van der Waals surface area contributed by atoms with Crippen molar-refractivity contribution in [1.29, 1.82) is 5.26 Å². The summed E-state index contributed by atoms with van der Waals surface area (Å²) in [5, 5.41) is 12.0. The Hall–Kier alpha value is -3.45. The van der Waals surface area contributed by atoms with Crippen LogP contribution in [0.3, 0.4) is 0 Å². The van der Waals surface area contributed by atoms with Gasteiger partial charge in [-0.05, 0) is 42.0 Å². The fourth-order valence-electron chi connectivity index (χ4n) is 2.46. The van der Waals surface area contributed by atoms with Crippen LogP contribution < -0.4 is 5.32 Å². The highest BCUT2D eigenvalue weighted by Gasteiger charge is 2.14. The summed E-state index contributed by atoms with van der Waals surface area (Å²) in [6.45, 7) is 0. The van der Waals surface area contributed by atoms with Gasteiger partial charge in [-0.25, -0.2) is 4.39 Å². The molecule has 3 rings (SSSR count). The molecule has 3 aromatic rings. The lowest BCUT2D eigenvalue weighted by Gasteiger charge is -2.11. The molecule has 0 aliphatic heterocycles. The molecule has 0 aromatic heterocycles. The summed E-state index contributed by atoms with van der Waals surface area (Å²) in [6.07, 6.45) is 0. The van der Waals surface area contributed by atoms with Crippen molar-refractivity contribution < 1.29 is 9.18 Å². The van der Waals surface area contributed by atoms with Gasteiger partial charge in [-0.3, -0.25) is 4.79 Å². The van der Waals surface area contributed by atoms with Crippen LogP contribution in [0.2, 0.25) is 0 Å². The number of anilines is 1. The van der Waals surface area contributed by atoms with Gasteiger partial charge in [-0.15, -0.1) is 0 Å². The molecule has 24 heavy (non-hydrogen) atoms. The number of carbonyl (C=O) groups is 1. The molecule has 3 nitrogen and oxygen atoms in total. The standard InChI is InChI=1S/C20H13FN2O/c21-15-9-11-16(12-10-15)23-20(24)19-8-4-3-7-18(19)17-6-2-1-5-14(17)13-22/h1-12H,(H,23,24). The first-order chi connectivity index (χ1) is 11.7. The number of nitriles is 1. The van der Waals surface area contributed by atoms with Gasteiger partial charge in [-0.2, -0.15) is 5.26 Å². The number of hydrogen-bond donors (Lipinski definition) is 1. The lowest BCUT2D eigenvalue weighted by atomic mass is 9.95. The summed E-state index contributed by atoms with van der Waals surface area (Å²) in [4.78, 5) is 12.6. The second-order valence-corrected chi connectivity index (χ2v) is 5.16. The number of amides is 1. The molecule has 0 heterocycles. The summed E-state index contributed by atoms with van der Waals surface area (Å²) in [5.41, 5.74) is 2.83. The molecule has 0 fully saturated rings. The van der Waals surface area contributed by atoms with Crippen molar-refractivity contribution in [3.63, 3.8) is 0 Å². The highest BCUT2D eigenvalue weighted by atomic mass is 19.1. The molecule has 0 atom stereocenters. The normalized spacial score (nSPS) is 10.0. The van der Waals surface area contributed by atoms with Gasteiger partial charge in [0, 0.05) is 16.8 Å². The van der Waals surface area contributed by atoms with Crippen LogP contribution in [-0.2, 0) is 0 Å². The van der Waals surface area contributed by atoms with E-state index < -0.39 is 0 Å². The zero-order valence-corrected chi connectivity index (χ0v) is 12.7. The van der Waals surface area contributed by atoms with Gasteiger partial charge in [0.25, 0.3) is 5.91 Å². The van der Waals surface area contributed by atoms with Gasteiger partial charge in [0.1, 0.15) is 5.82 Å². The van der Waals surface area contributed by atoms with Gasteiger partial charge in [0.2, 0.25) is 0 Å². The van der Waals surface area contributed by atoms with Crippen LogP contribution in [0.5, 0.6) is 0 Å². The first-order valence-corrected chi connectivity index (χ1v) is 7.34. The Morgan fingerprint density at radius 2 is 1.50 bits per heavy atom. The Kier molecular flexibility index (Phi) is 4.35. The molecule has 1 N–H and O–H groups in total. The second kappa shape index (κ2) is 6.76. The van der Waals surface area contributed by atoms with E-state index in [9.17, 15) is 14.4 Å². The topological polar surface area (TPSA) is 52.9 Å². The summed E-state index contributed by atoms with van der Waals surface area (Å²) >= 11 is 0. The Balaban J connectivity index is 1.99. The number of benzene rings is 3. The van der Waals surface area contributed by atoms with Crippen LogP contribution in [0, 0.1) is 17.1 Å². The first kappa shape index (κ1) is 15.4. The van der Waals surface area contributed by atoms with Gasteiger partial charge >= 0.3 is 0 Å². The number of halogens is 1. The van der Waals surface area contributed by atoms with E-state index in [1.807, 2.05) is 18.2 Å². The maximum atomic E-state index is 13.0. The average Bonchev–Trinajstić information content (AvgIpc) is 2.63. The minimum Gasteiger partial charge on any atom is -0.322 e. The smallest absolute Gasteiger partial charge is 0.256 e. The van der Waals surface area contributed by atoms with Crippen molar-refractivity contribution in [2.24, 2.45) is 0 Å². The Bertz CT molecular complexity index is 927. The summed E-state index contributed by atoms with van der Waals surface area (Å²) in [6, 6.07) is 21.9. The van der Waals surface area contributed by atoms with E-state index in [1.165, 1.54) is 24.3 Å². The third-order valence-electron chi connectivity index (χ3n) is 3.61. The van der Waals surface area contributed by atoms with E-state index in [-0.39, 0.29) is 11.7 Å². The van der Waals surface area contributed by atoms with Crippen LogP contribution in [0.15, 0.2) is 72.8 Å². The van der Waals surface area contributed by atoms with E-state index in [0.29, 0.717) is 27.9 Å². The Labute approximate surface area is 139 Å². The van der Waals surface area contributed by atoms with Crippen molar-refractivity contribution in [1.82, 2.24) is 0 Å². The molecule has 0 radical (unpaired) electrons. The molecule has 3 aromatic carbocycles. The Morgan fingerprint density at radius 3 is 2.21 bits per heavy atom. The van der Waals surface area contributed by atoms with Crippen LogP contribution in [0.1, 0.15) is 15.9 Å². The molecule has 1 amide bonds. The molecule has 0 aliphatic carbocycles. The molecular formula is C20H13FN2O. The molecule has 116 valence electrons. The lowest BCUT2D eigenvalue weighted by Crippen LogP contribution is -2.13. The number of nitrogens with zero attached hydrogens (tertiary/aromatic N) is 1. The molecule has 0 saturated carbocycles. The molecule has 0 unspecified atom stereocenters. The zero-order valence-electron chi connectivity index (χ0n) is 12.7. The van der Waals surface area contributed by atoms with Crippen molar-refractivity contribution in [2.45, 2.75) is 0 Å². The lowest BCUT2D eigenvalue weighted by molar-refractivity contribution is 0.102. The van der Waals surface area contributed by atoms with Crippen LogP contribution in [0.25, 0.3) is 11.1 Å². The van der Waals surface area contributed by atoms with E-state index in [0.717, 1.165) is 0 Å². The number of nitrogens with one attached hydrogen (secondary N) is 1. The molecule has 0 spiro atoms. The van der Waals surface area contributed by atoms with E-state index in [1.54, 1.807) is 30.3 Å². The van der Waals surface area contributed by atoms with Crippen molar-refractivity contribution in [3.8, 4) is 17.2 Å². The van der Waals surface area contributed by atoms with Gasteiger partial charge in [-0.1, -0.05) is 36.4 Å². The van der Waals surface area contributed by atoms with Crippen LogP contribution in [-0.4, -0.2) is 5.91 Å².